The van der Waals surface area contributed by atoms with Gasteiger partial charge in [-0.2, -0.15) is 5.10 Å². The second-order valence-electron chi connectivity index (χ2n) is 4.85. The zero-order valence-electron chi connectivity index (χ0n) is 10.8. The van der Waals surface area contributed by atoms with Gasteiger partial charge in [-0.15, -0.1) is 0 Å². The van der Waals surface area contributed by atoms with Crippen LogP contribution >= 0.6 is 0 Å². The molecule has 1 fully saturated rings. The summed E-state index contributed by atoms with van der Waals surface area (Å²) in [6, 6.07) is 2.79. The second kappa shape index (κ2) is 5.65. The van der Waals surface area contributed by atoms with E-state index in [2.05, 4.69) is 30.3 Å². The molecule has 1 aliphatic carbocycles. The van der Waals surface area contributed by atoms with E-state index in [0.29, 0.717) is 19.1 Å². The van der Waals surface area contributed by atoms with Crippen LogP contribution in [0.1, 0.15) is 38.1 Å². The Hall–Kier alpha value is -0.870. The molecular formula is C13H23N3O. The third kappa shape index (κ3) is 3.54. The molecule has 0 bridgehead atoms. The lowest BCUT2D eigenvalue weighted by Gasteiger charge is -2.13. The normalized spacial score (nSPS) is 17.4. The van der Waals surface area contributed by atoms with Crippen LogP contribution in [0.15, 0.2) is 6.07 Å². The van der Waals surface area contributed by atoms with Crippen molar-refractivity contribution < 1.29 is 5.11 Å². The van der Waals surface area contributed by atoms with Gasteiger partial charge in [-0.1, -0.05) is 13.8 Å². The van der Waals surface area contributed by atoms with E-state index in [-0.39, 0.29) is 6.10 Å². The molecule has 1 unspecified atom stereocenters. The highest BCUT2D eigenvalue weighted by atomic mass is 16.3. The Balaban J connectivity index is 1.88. The molecule has 1 heterocycles. The molecule has 1 atom stereocenters. The Morgan fingerprint density at radius 1 is 1.47 bits per heavy atom. The largest absolute Gasteiger partial charge is 0.390 e. The van der Waals surface area contributed by atoms with Gasteiger partial charge in [0.05, 0.1) is 18.3 Å². The van der Waals surface area contributed by atoms with Gasteiger partial charge >= 0.3 is 0 Å². The summed E-state index contributed by atoms with van der Waals surface area (Å²) in [6.07, 6.45) is 4.10. The van der Waals surface area contributed by atoms with Crippen molar-refractivity contribution in [1.29, 1.82) is 0 Å². The van der Waals surface area contributed by atoms with E-state index in [1.807, 2.05) is 4.68 Å². The van der Waals surface area contributed by atoms with E-state index >= 15 is 0 Å². The van der Waals surface area contributed by atoms with Crippen molar-refractivity contribution in [3.8, 4) is 0 Å². The third-order valence-electron chi connectivity index (χ3n) is 3.24. The topological polar surface area (TPSA) is 50.1 Å². The quantitative estimate of drug-likeness (QED) is 0.747. The average molecular weight is 237 g/mol. The Bertz CT molecular complexity index is 358. The van der Waals surface area contributed by atoms with Crippen molar-refractivity contribution in [1.82, 2.24) is 15.1 Å². The molecule has 1 saturated carbocycles. The highest BCUT2D eigenvalue weighted by Crippen LogP contribution is 2.18. The number of aliphatic hydroxyl groups excluding tert-OH is 1. The van der Waals surface area contributed by atoms with Gasteiger partial charge in [0.1, 0.15) is 0 Å². The van der Waals surface area contributed by atoms with Crippen LogP contribution in [0.3, 0.4) is 0 Å². The van der Waals surface area contributed by atoms with Crippen LogP contribution in [0, 0.1) is 0 Å². The molecule has 0 saturated heterocycles. The number of aromatic nitrogens is 2. The van der Waals surface area contributed by atoms with Crippen LogP contribution in [-0.4, -0.2) is 33.6 Å². The lowest BCUT2D eigenvalue weighted by Crippen LogP contribution is -2.32. The summed E-state index contributed by atoms with van der Waals surface area (Å²) in [5.41, 5.74) is 2.33. The van der Waals surface area contributed by atoms with Gasteiger partial charge in [-0.3, -0.25) is 4.68 Å². The van der Waals surface area contributed by atoms with Crippen LogP contribution in [0.2, 0.25) is 0 Å². The Morgan fingerprint density at radius 2 is 2.24 bits per heavy atom. The van der Waals surface area contributed by atoms with Crippen LogP contribution in [-0.2, 0) is 19.4 Å². The standard InChI is InChI=1S/C13H23N3O/c1-3-10-7-12(4-2)16(15-10)9-13(17)8-14-11-5-6-11/h7,11,13-14,17H,3-6,8-9H2,1-2H3. The van der Waals surface area contributed by atoms with Gasteiger partial charge in [0.2, 0.25) is 0 Å². The molecule has 96 valence electrons. The van der Waals surface area contributed by atoms with Crippen molar-refractivity contribution in [2.75, 3.05) is 6.54 Å². The first-order chi connectivity index (χ1) is 8.22. The summed E-state index contributed by atoms with van der Waals surface area (Å²) < 4.78 is 1.96. The van der Waals surface area contributed by atoms with Gasteiger partial charge in [0, 0.05) is 18.3 Å². The Labute approximate surface area is 103 Å². The van der Waals surface area contributed by atoms with Crippen LogP contribution < -0.4 is 5.32 Å². The van der Waals surface area contributed by atoms with Crippen LogP contribution in [0.25, 0.3) is 0 Å². The van der Waals surface area contributed by atoms with Crippen molar-refractivity contribution in [3.05, 3.63) is 17.5 Å². The maximum atomic E-state index is 9.96. The molecule has 2 N–H and O–H groups in total. The van der Waals surface area contributed by atoms with Crippen molar-refractivity contribution in [3.63, 3.8) is 0 Å². The fraction of sp³-hybridized carbons (Fsp3) is 0.769. The molecule has 4 heteroatoms. The number of nitrogens with one attached hydrogen (secondary N) is 1. The molecular weight excluding hydrogens is 214 g/mol. The number of aliphatic hydroxyl groups is 1. The third-order valence-corrected chi connectivity index (χ3v) is 3.24. The van der Waals surface area contributed by atoms with E-state index in [9.17, 15) is 5.11 Å². The molecule has 0 aromatic carbocycles. The SMILES string of the molecule is CCc1cc(CC)n(CC(O)CNC2CC2)n1. The lowest BCUT2D eigenvalue weighted by molar-refractivity contribution is 0.145. The Kier molecular flexibility index (Phi) is 4.18. The smallest absolute Gasteiger partial charge is 0.0860 e. The predicted molar refractivity (Wildman–Crippen MR) is 68.0 cm³/mol. The highest BCUT2D eigenvalue weighted by Gasteiger charge is 2.21. The highest BCUT2D eigenvalue weighted by molar-refractivity contribution is 5.10. The average Bonchev–Trinajstić information content (AvgIpc) is 3.08. The molecule has 0 aliphatic heterocycles. The van der Waals surface area contributed by atoms with Gasteiger partial charge in [0.25, 0.3) is 0 Å². The number of nitrogens with zero attached hydrogens (tertiary/aromatic N) is 2. The van der Waals surface area contributed by atoms with E-state index in [0.717, 1.165) is 18.5 Å². The molecule has 2 rings (SSSR count). The van der Waals surface area contributed by atoms with Crippen LogP contribution in [0.5, 0.6) is 0 Å². The van der Waals surface area contributed by atoms with Crippen molar-refractivity contribution in [2.24, 2.45) is 0 Å². The molecule has 4 nitrogen and oxygen atoms in total. The van der Waals surface area contributed by atoms with Gasteiger partial charge < -0.3 is 10.4 Å². The second-order valence-corrected chi connectivity index (χ2v) is 4.85. The predicted octanol–water partition coefficient (Wildman–Crippen LogP) is 1.12. The number of hydrogen-bond donors (Lipinski definition) is 2. The van der Waals surface area contributed by atoms with Gasteiger partial charge in [0.15, 0.2) is 0 Å². The van der Waals surface area contributed by atoms with E-state index in [4.69, 9.17) is 0 Å². The lowest BCUT2D eigenvalue weighted by atomic mass is 10.2. The van der Waals surface area contributed by atoms with Crippen molar-refractivity contribution >= 4 is 0 Å². The number of hydrogen-bond acceptors (Lipinski definition) is 3. The summed E-state index contributed by atoms with van der Waals surface area (Å²) in [6.45, 7) is 5.51. The summed E-state index contributed by atoms with van der Waals surface area (Å²) >= 11 is 0. The molecule has 1 aliphatic rings. The summed E-state index contributed by atoms with van der Waals surface area (Å²) in [5, 5.41) is 17.8. The maximum Gasteiger partial charge on any atom is 0.0860 e. The first-order valence-corrected chi connectivity index (χ1v) is 6.70. The zero-order valence-corrected chi connectivity index (χ0v) is 10.8. The van der Waals surface area contributed by atoms with Gasteiger partial charge in [-0.25, -0.2) is 0 Å². The van der Waals surface area contributed by atoms with E-state index < -0.39 is 0 Å². The zero-order chi connectivity index (χ0) is 12.3. The van der Waals surface area contributed by atoms with Gasteiger partial charge in [-0.05, 0) is 31.7 Å². The first-order valence-electron chi connectivity index (χ1n) is 6.70. The molecule has 1 aromatic heterocycles. The molecule has 1 aromatic rings. The fourth-order valence-electron chi connectivity index (χ4n) is 1.98. The minimum Gasteiger partial charge on any atom is -0.390 e. The summed E-state index contributed by atoms with van der Waals surface area (Å²) in [5.74, 6) is 0. The molecule has 0 amide bonds. The summed E-state index contributed by atoms with van der Waals surface area (Å²) in [4.78, 5) is 0. The minimum atomic E-state index is -0.342. The van der Waals surface area contributed by atoms with Crippen LogP contribution in [0.4, 0.5) is 0 Å². The molecule has 0 spiro atoms. The molecule has 0 radical (unpaired) electrons. The summed E-state index contributed by atoms with van der Waals surface area (Å²) in [7, 11) is 0. The van der Waals surface area contributed by atoms with E-state index in [1.165, 1.54) is 18.5 Å². The fourth-order valence-corrected chi connectivity index (χ4v) is 1.98. The molecule has 17 heavy (non-hydrogen) atoms. The van der Waals surface area contributed by atoms with Crippen molar-refractivity contribution in [2.45, 2.75) is 58.2 Å². The first kappa shape index (κ1) is 12.6. The Morgan fingerprint density at radius 3 is 2.82 bits per heavy atom. The minimum absolute atomic E-state index is 0.342. The van der Waals surface area contributed by atoms with E-state index in [1.54, 1.807) is 0 Å². The number of rotatable bonds is 7. The monoisotopic (exact) mass is 237 g/mol. The maximum absolute atomic E-state index is 9.96. The number of aryl methyl sites for hydroxylation is 2.